The first-order valence-corrected chi connectivity index (χ1v) is 3.78. The van der Waals surface area contributed by atoms with Gasteiger partial charge in [-0.1, -0.05) is 0 Å². The van der Waals surface area contributed by atoms with Crippen LogP contribution in [0.25, 0.3) is 0 Å². The maximum atomic E-state index is 11.4. The van der Waals surface area contributed by atoms with Gasteiger partial charge in [0.15, 0.2) is 0 Å². The summed E-state index contributed by atoms with van der Waals surface area (Å²) in [6.45, 7) is -1.32. The number of nitrogens with one attached hydrogen (secondary N) is 1. The summed E-state index contributed by atoms with van der Waals surface area (Å²) in [5, 5.41) is 14.4. The van der Waals surface area contributed by atoms with Gasteiger partial charge in [-0.05, 0) is 9.51 Å². The maximum absolute atomic E-state index is 11.4. The van der Waals surface area contributed by atoms with Crippen molar-refractivity contribution in [2.75, 3.05) is 6.73 Å². The Bertz CT molecular complexity index is 234. The number of hydrogen-bond donors (Lipinski definition) is 3. The number of hydrogen-bond acceptors (Lipinski definition) is 5. The highest BCUT2D eigenvalue weighted by atomic mass is 32.2. The van der Waals surface area contributed by atoms with E-state index in [1.54, 1.807) is 0 Å². The van der Waals surface area contributed by atoms with Crippen molar-refractivity contribution in [2.24, 2.45) is 0 Å². The smallest absolute Gasteiger partial charge is 0.343 e. The van der Waals surface area contributed by atoms with Crippen molar-refractivity contribution < 1.29 is 41.4 Å². The van der Waals surface area contributed by atoms with E-state index in [1.807, 2.05) is 0 Å². The highest BCUT2D eigenvalue weighted by Gasteiger charge is 2.50. The standard InChI is InChI=1S/C2H4F3NO5S/c3-2(4,5)12(9,10)11-6(8)1-7/h7-8H,1H2/p+1. The summed E-state index contributed by atoms with van der Waals surface area (Å²) in [7, 11) is -5.86. The number of alkyl halides is 3. The van der Waals surface area contributed by atoms with Gasteiger partial charge in [0, 0.05) is 0 Å². The van der Waals surface area contributed by atoms with E-state index in [9.17, 15) is 21.6 Å². The van der Waals surface area contributed by atoms with Crippen molar-refractivity contribution in [3.05, 3.63) is 0 Å². The summed E-state index contributed by atoms with van der Waals surface area (Å²) in [5.41, 5.74) is -5.61. The highest BCUT2D eigenvalue weighted by Crippen LogP contribution is 2.22. The molecule has 0 rings (SSSR count). The van der Waals surface area contributed by atoms with Gasteiger partial charge in [-0.15, -0.1) is 0 Å². The van der Waals surface area contributed by atoms with Crippen LogP contribution >= 0.6 is 0 Å². The molecule has 0 aliphatic heterocycles. The largest absolute Gasteiger partial charge is 0.528 e. The van der Waals surface area contributed by atoms with Gasteiger partial charge in [-0.2, -0.15) is 26.8 Å². The van der Waals surface area contributed by atoms with Crippen LogP contribution in [0.2, 0.25) is 0 Å². The second-order valence-corrected chi connectivity index (χ2v) is 3.07. The van der Waals surface area contributed by atoms with E-state index in [0.717, 1.165) is 0 Å². The van der Waals surface area contributed by atoms with Gasteiger partial charge in [-0.3, -0.25) is 0 Å². The number of rotatable bonds is 3. The summed E-state index contributed by atoms with van der Waals surface area (Å²) in [6, 6.07) is 0. The molecule has 0 heterocycles. The molecule has 1 unspecified atom stereocenters. The Hall–Kier alpha value is -0.420. The Labute approximate surface area is 64.8 Å². The van der Waals surface area contributed by atoms with Crippen LogP contribution in [0.15, 0.2) is 0 Å². The first-order valence-electron chi connectivity index (χ1n) is 2.37. The predicted octanol–water partition coefficient (Wildman–Crippen LogP) is -2.01. The van der Waals surface area contributed by atoms with E-state index in [4.69, 9.17) is 10.3 Å². The molecule has 1 atom stereocenters. The summed E-state index contributed by atoms with van der Waals surface area (Å²) in [5.74, 6) is 0. The normalized spacial score (nSPS) is 16.1. The number of aliphatic hydroxyl groups excluding tert-OH is 1. The zero-order valence-electron chi connectivity index (χ0n) is 5.37. The first-order chi connectivity index (χ1) is 5.20. The summed E-state index contributed by atoms with van der Waals surface area (Å²) >= 11 is 0. The average Bonchev–Trinajstić information content (AvgIpc) is 1.84. The highest BCUT2D eigenvalue weighted by molar-refractivity contribution is 7.87. The lowest BCUT2D eigenvalue weighted by molar-refractivity contribution is -1.23. The van der Waals surface area contributed by atoms with Crippen LogP contribution in [-0.2, 0) is 14.4 Å². The molecule has 74 valence electrons. The molecule has 0 saturated heterocycles. The third kappa shape index (κ3) is 2.91. The Kier molecular flexibility index (Phi) is 3.41. The van der Waals surface area contributed by atoms with E-state index in [-0.39, 0.29) is 0 Å². The monoisotopic (exact) mass is 212 g/mol. The molecule has 0 bridgehead atoms. The predicted molar refractivity (Wildman–Crippen MR) is 25.9 cm³/mol. The Morgan fingerprint density at radius 3 is 2.08 bits per heavy atom. The van der Waals surface area contributed by atoms with Crippen LogP contribution in [0, 0.1) is 0 Å². The molecule has 0 amide bonds. The molecule has 0 saturated carbocycles. The van der Waals surface area contributed by atoms with E-state index in [2.05, 4.69) is 4.28 Å². The number of halogens is 3. The molecule has 0 radical (unpaired) electrons. The number of hydroxylamine groups is 2. The third-order valence-corrected chi connectivity index (χ3v) is 1.60. The molecule has 0 aromatic carbocycles. The molecule has 0 aliphatic carbocycles. The van der Waals surface area contributed by atoms with Crippen LogP contribution in [0.3, 0.4) is 0 Å². The second kappa shape index (κ2) is 3.53. The van der Waals surface area contributed by atoms with Crippen molar-refractivity contribution in [1.82, 2.24) is 0 Å². The van der Waals surface area contributed by atoms with E-state index in [1.165, 1.54) is 0 Å². The van der Waals surface area contributed by atoms with Gasteiger partial charge in [0.2, 0.25) is 6.73 Å². The third-order valence-electron chi connectivity index (χ3n) is 0.625. The van der Waals surface area contributed by atoms with Crippen molar-refractivity contribution in [2.45, 2.75) is 5.51 Å². The molecule has 0 aromatic rings. The maximum Gasteiger partial charge on any atom is 0.528 e. The van der Waals surface area contributed by atoms with Gasteiger partial charge in [0.1, 0.15) is 0 Å². The molecule has 6 nitrogen and oxygen atoms in total. The van der Waals surface area contributed by atoms with Gasteiger partial charge in [0.05, 0.1) is 0 Å². The molecule has 3 N–H and O–H groups in total. The second-order valence-electron chi connectivity index (χ2n) is 1.54. The number of quaternary nitrogens is 1. The van der Waals surface area contributed by atoms with Crippen LogP contribution in [0.5, 0.6) is 0 Å². The minimum absolute atomic E-state index is 1.32. The molecule has 0 spiro atoms. The van der Waals surface area contributed by atoms with E-state index < -0.39 is 27.6 Å². The fourth-order valence-corrected chi connectivity index (χ4v) is 0.601. The minimum atomic E-state index is -5.86. The Balaban J connectivity index is 4.46. The average molecular weight is 212 g/mol. The van der Waals surface area contributed by atoms with Crippen LogP contribution < -0.4 is 5.23 Å². The minimum Gasteiger partial charge on any atom is -0.343 e. The Morgan fingerprint density at radius 2 is 1.83 bits per heavy atom. The fourth-order valence-electron chi connectivity index (χ4n) is 0.200. The summed E-state index contributed by atoms with van der Waals surface area (Å²) in [4.78, 5) is 0. The molecule has 10 heteroatoms. The van der Waals surface area contributed by atoms with Gasteiger partial charge in [-0.25, -0.2) is 0 Å². The van der Waals surface area contributed by atoms with Crippen LogP contribution in [0.4, 0.5) is 13.2 Å². The van der Waals surface area contributed by atoms with Gasteiger partial charge < -0.3 is 5.11 Å². The lowest BCUT2D eigenvalue weighted by Gasteiger charge is -2.07. The lowest BCUT2D eigenvalue weighted by Crippen LogP contribution is -3.09. The fraction of sp³-hybridized carbons (Fsp3) is 1.00. The van der Waals surface area contributed by atoms with Crippen molar-refractivity contribution in [1.29, 1.82) is 0 Å². The quantitative estimate of drug-likeness (QED) is 0.286. The Morgan fingerprint density at radius 1 is 1.42 bits per heavy atom. The lowest BCUT2D eigenvalue weighted by atomic mass is 11.3. The SMILES string of the molecule is O=S(=O)(O[NH+](O)CO)C(F)(F)F. The van der Waals surface area contributed by atoms with E-state index in [0.29, 0.717) is 0 Å². The molecule has 0 aromatic heterocycles. The van der Waals surface area contributed by atoms with E-state index >= 15 is 0 Å². The molecular weight excluding hydrogens is 207 g/mol. The van der Waals surface area contributed by atoms with Crippen molar-refractivity contribution in [3.63, 3.8) is 0 Å². The molecule has 0 aliphatic rings. The van der Waals surface area contributed by atoms with Crippen LogP contribution in [0.1, 0.15) is 0 Å². The zero-order valence-corrected chi connectivity index (χ0v) is 6.18. The zero-order chi connectivity index (χ0) is 9.99. The van der Waals surface area contributed by atoms with Crippen LogP contribution in [-0.4, -0.2) is 31.0 Å². The number of aliphatic hydroxyl groups is 1. The molecule has 12 heavy (non-hydrogen) atoms. The summed E-state index contributed by atoms with van der Waals surface area (Å²) in [6.07, 6.45) is 0. The molecule has 0 fully saturated rings. The van der Waals surface area contributed by atoms with Gasteiger partial charge in [0.25, 0.3) is 0 Å². The van der Waals surface area contributed by atoms with Crippen molar-refractivity contribution in [3.8, 4) is 0 Å². The molecular formula is C2H5F3NO5S+. The van der Waals surface area contributed by atoms with Crippen molar-refractivity contribution >= 4 is 10.1 Å². The topological polar surface area (TPSA) is 88.3 Å². The first kappa shape index (κ1) is 11.6. The van der Waals surface area contributed by atoms with Gasteiger partial charge >= 0.3 is 15.6 Å². The summed E-state index contributed by atoms with van der Waals surface area (Å²) < 4.78 is 57.2.